The van der Waals surface area contributed by atoms with Gasteiger partial charge in [-0.3, -0.25) is 9.97 Å². The maximum Gasteiger partial charge on any atom is 0.330 e. The van der Waals surface area contributed by atoms with Crippen LogP contribution in [0.4, 0.5) is 5.95 Å². The van der Waals surface area contributed by atoms with E-state index >= 15 is 0 Å². The molecule has 14 heteroatoms. The summed E-state index contributed by atoms with van der Waals surface area (Å²) in [6, 6.07) is 24.8. The van der Waals surface area contributed by atoms with Gasteiger partial charge in [0, 0.05) is 24.5 Å². The Hall–Kier alpha value is -5.95. The molecule has 216 valence electrons. The van der Waals surface area contributed by atoms with Crippen LogP contribution in [0.1, 0.15) is 11.4 Å². The molecule has 0 N–H and O–H groups in total. The standard InChI is InChI=1S/C30H20ClN9O4/c31-25-34-27-38-28(35-25)42-22-10-6-12-24(16-22)44-30-37-26(36-29(39-30)43-23-11-5-9-21(15-23)41-27)40(17-19-7-1-3-13-32-19)18-20-8-2-4-14-33-20/h1-16H,17-18H2. The second kappa shape index (κ2) is 12.1. The molecule has 0 fully saturated rings. The lowest BCUT2D eigenvalue weighted by Crippen LogP contribution is -2.25. The lowest BCUT2D eigenvalue weighted by atomic mass is 10.3. The Kier molecular flexibility index (Phi) is 7.41. The largest absolute Gasteiger partial charge is 0.424 e. The molecule has 6 aromatic rings. The number of rotatable bonds is 5. The average molecular weight is 606 g/mol. The van der Waals surface area contributed by atoms with Crippen molar-refractivity contribution in [3.63, 3.8) is 0 Å². The Labute approximate surface area is 255 Å². The van der Waals surface area contributed by atoms with Crippen molar-refractivity contribution in [1.29, 1.82) is 0 Å². The first kappa shape index (κ1) is 26.9. The third kappa shape index (κ3) is 6.58. The summed E-state index contributed by atoms with van der Waals surface area (Å²) in [7, 11) is 0. The molecule has 5 heterocycles. The Morgan fingerprint density at radius 3 is 1.34 bits per heavy atom. The molecule has 0 unspecified atom stereocenters. The highest BCUT2D eigenvalue weighted by Gasteiger charge is 2.19. The summed E-state index contributed by atoms with van der Waals surface area (Å²) in [5.74, 6) is 1.75. The van der Waals surface area contributed by atoms with Gasteiger partial charge in [0.2, 0.25) is 11.2 Å². The number of nitrogens with zero attached hydrogens (tertiary/aromatic N) is 9. The van der Waals surface area contributed by atoms with E-state index in [-0.39, 0.29) is 35.3 Å². The molecular weight excluding hydrogens is 586 g/mol. The van der Waals surface area contributed by atoms with Crippen LogP contribution in [0.5, 0.6) is 47.0 Å². The summed E-state index contributed by atoms with van der Waals surface area (Å²) in [6.45, 7) is 0.751. The third-order valence-electron chi connectivity index (χ3n) is 6.04. The molecule has 0 atom stereocenters. The molecule has 0 spiro atoms. The van der Waals surface area contributed by atoms with Crippen LogP contribution in [0.15, 0.2) is 97.3 Å². The zero-order valence-corrected chi connectivity index (χ0v) is 23.4. The van der Waals surface area contributed by atoms with Crippen LogP contribution in [0.2, 0.25) is 5.28 Å². The highest BCUT2D eigenvalue weighted by Crippen LogP contribution is 2.32. The summed E-state index contributed by atoms with van der Waals surface area (Å²) in [6.07, 6.45) is 3.46. The van der Waals surface area contributed by atoms with Crippen LogP contribution in [0.25, 0.3) is 0 Å². The summed E-state index contributed by atoms with van der Waals surface area (Å²) in [5.41, 5.74) is 1.61. The molecule has 44 heavy (non-hydrogen) atoms. The maximum atomic E-state index is 6.11. The van der Waals surface area contributed by atoms with Crippen molar-refractivity contribution in [1.82, 2.24) is 39.9 Å². The molecular formula is C30H20ClN9O4. The number of ether oxygens (including phenoxy) is 4. The summed E-state index contributed by atoms with van der Waals surface area (Å²) in [4.78, 5) is 36.9. The molecule has 0 saturated carbocycles. The molecule has 8 bridgehead atoms. The fraction of sp³-hybridized carbons (Fsp3) is 0.0667. The third-order valence-corrected chi connectivity index (χ3v) is 6.21. The normalized spacial score (nSPS) is 11.8. The quantitative estimate of drug-likeness (QED) is 0.220. The van der Waals surface area contributed by atoms with Gasteiger partial charge in [0.05, 0.1) is 24.5 Å². The van der Waals surface area contributed by atoms with E-state index in [1.165, 1.54) is 0 Å². The second-order valence-electron chi connectivity index (χ2n) is 9.23. The van der Waals surface area contributed by atoms with Gasteiger partial charge in [0.1, 0.15) is 23.0 Å². The highest BCUT2D eigenvalue weighted by atomic mass is 35.5. The first-order valence-electron chi connectivity index (χ1n) is 13.3. The first-order chi connectivity index (χ1) is 21.6. The molecule has 0 saturated heterocycles. The Morgan fingerprint density at radius 1 is 0.500 bits per heavy atom. The van der Waals surface area contributed by atoms with Gasteiger partial charge in [-0.25, -0.2) is 0 Å². The molecule has 0 amide bonds. The van der Waals surface area contributed by atoms with Gasteiger partial charge < -0.3 is 23.8 Å². The van der Waals surface area contributed by atoms with Gasteiger partial charge in [-0.2, -0.15) is 19.9 Å². The Bertz CT molecular complexity index is 1790. The minimum absolute atomic E-state index is 0.0146. The molecule has 1 aliphatic rings. The van der Waals surface area contributed by atoms with Gasteiger partial charge in [-0.1, -0.05) is 24.3 Å². The van der Waals surface area contributed by atoms with E-state index in [4.69, 9.17) is 30.5 Å². The number of pyridine rings is 2. The molecule has 4 aromatic heterocycles. The molecule has 2 aromatic carbocycles. The fourth-order valence-corrected chi connectivity index (χ4v) is 4.31. The Balaban J connectivity index is 1.32. The monoisotopic (exact) mass is 605 g/mol. The predicted molar refractivity (Wildman–Crippen MR) is 156 cm³/mol. The van der Waals surface area contributed by atoms with E-state index < -0.39 is 0 Å². The van der Waals surface area contributed by atoms with Crippen molar-refractivity contribution in [2.24, 2.45) is 0 Å². The predicted octanol–water partition coefficient (Wildman–Crippen LogP) is 6.19. The van der Waals surface area contributed by atoms with Crippen LogP contribution < -0.4 is 23.8 Å². The SMILES string of the molecule is Clc1nc2nc(n1)Oc1cccc(c1)Oc1nc(nc(N(Cc3ccccn3)Cc3ccccn3)n1)Oc1cccc(c1)O2. The van der Waals surface area contributed by atoms with Crippen LogP contribution in [0.3, 0.4) is 0 Å². The minimum atomic E-state index is -0.105. The van der Waals surface area contributed by atoms with E-state index in [1.54, 1.807) is 60.9 Å². The van der Waals surface area contributed by atoms with E-state index in [0.717, 1.165) is 11.4 Å². The summed E-state index contributed by atoms with van der Waals surface area (Å²) < 4.78 is 23.9. The number of hydrogen-bond donors (Lipinski definition) is 0. The lowest BCUT2D eigenvalue weighted by molar-refractivity contribution is 0.380. The topological polar surface area (TPSA) is 143 Å². The fourth-order valence-electron chi connectivity index (χ4n) is 4.16. The number of hydrogen-bond acceptors (Lipinski definition) is 13. The second-order valence-corrected chi connectivity index (χ2v) is 9.56. The minimum Gasteiger partial charge on any atom is -0.424 e. The summed E-state index contributed by atoms with van der Waals surface area (Å²) in [5, 5.41) is -0.105. The lowest BCUT2D eigenvalue weighted by Gasteiger charge is -2.22. The van der Waals surface area contributed by atoms with Crippen LogP contribution in [-0.4, -0.2) is 39.9 Å². The highest BCUT2D eigenvalue weighted by molar-refractivity contribution is 6.28. The number of anilines is 1. The molecule has 0 radical (unpaired) electrons. The first-order valence-corrected chi connectivity index (χ1v) is 13.6. The molecule has 13 nitrogen and oxygen atoms in total. The molecule has 1 aliphatic heterocycles. The van der Waals surface area contributed by atoms with Crippen molar-refractivity contribution in [2.75, 3.05) is 4.90 Å². The van der Waals surface area contributed by atoms with Crippen LogP contribution in [-0.2, 0) is 13.1 Å². The zero-order chi connectivity index (χ0) is 29.7. The van der Waals surface area contributed by atoms with E-state index in [9.17, 15) is 0 Å². The van der Waals surface area contributed by atoms with E-state index in [1.807, 2.05) is 41.3 Å². The molecule has 0 aliphatic carbocycles. The van der Waals surface area contributed by atoms with Gasteiger partial charge in [0.15, 0.2) is 0 Å². The number of benzene rings is 2. The average Bonchev–Trinajstić information content (AvgIpc) is 3.01. The smallest absolute Gasteiger partial charge is 0.330 e. The van der Waals surface area contributed by atoms with Crippen LogP contribution >= 0.6 is 11.6 Å². The number of halogens is 1. The van der Waals surface area contributed by atoms with Crippen molar-refractivity contribution in [2.45, 2.75) is 13.1 Å². The van der Waals surface area contributed by atoms with Gasteiger partial charge in [-0.15, -0.1) is 9.97 Å². The van der Waals surface area contributed by atoms with Gasteiger partial charge in [0.25, 0.3) is 0 Å². The van der Waals surface area contributed by atoms with Crippen molar-refractivity contribution < 1.29 is 18.9 Å². The van der Waals surface area contributed by atoms with Crippen molar-refractivity contribution in [3.05, 3.63) is 114 Å². The number of fused-ring (bicyclic) bond motifs is 8. The van der Waals surface area contributed by atoms with Crippen molar-refractivity contribution in [3.8, 4) is 47.0 Å². The zero-order valence-electron chi connectivity index (χ0n) is 22.7. The van der Waals surface area contributed by atoms with E-state index in [0.29, 0.717) is 36.1 Å². The molecule has 7 rings (SSSR count). The number of aromatic nitrogens is 8. The van der Waals surface area contributed by atoms with E-state index in [2.05, 4.69) is 39.9 Å². The van der Waals surface area contributed by atoms with Crippen molar-refractivity contribution >= 4 is 17.5 Å². The van der Waals surface area contributed by atoms with Gasteiger partial charge >= 0.3 is 24.0 Å². The Morgan fingerprint density at radius 2 is 0.932 bits per heavy atom. The van der Waals surface area contributed by atoms with Gasteiger partial charge in [-0.05, 0) is 60.1 Å². The summed E-state index contributed by atoms with van der Waals surface area (Å²) >= 11 is 6.11. The maximum absolute atomic E-state index is 6.11. The van der Waals surface area contributed by atoms with Crippen LogP contribution in [0, 0.1) is 0 Å².